The van der Waals surface area contributed by atoms with E-state index in [0.717, 1.165) is 49.7 Å². The third-order valence-electron chi connectivity index (χ3n) is 8.57. The molecule has 1 aliphatic heterocycles. The van der Waals surface area contributed by atoms with Gasteiger partial charge < -0.3 is 20.9 Å². The van der Waals surface area contributed by atoms with Crippen LogP contribution in [0.3, 0.4) is 0 Å². The molecule has 1 aromatic carbocycles. The number of hydrogen-bond acceptors (Lipinski definition) is 8. The summed E-state index contributed by atoms with van der Waals surface area (Å²) in [6.07, 6.45) is 11.9. The van der Waals surface area contributed by atoms with Crippen molar-refractivity contribution in [2.24, 2.45) is 5.73 Å². The summed E-state index contributed by atoms with van der Waals surface area (Å²) in [5.74, 6) is 1.30. The molecule has 40 heavy (non-hydrogen) atoms. The van der Waals surface area contributed by atoms with E-state index in [-0.39, 0.29) is 22.0 Å². The molecule has 6 rings (SSSR count). The van der Waals surface area contributed by atoms with Gasteiger partial charge in [-0.05, 0) is 69.6 Å². The standard InChI is InChI=1S/C27H36Cl2N8O2S/c28-22-10-9-21(15-23(22)29)40(38,39)36-13-11-19(12-14-36)32-25-24-26(37(16-31-24)20-3-1-2-4-20)35-27(34-25)33-18-7-5-17(30)6-8-18/h9-10,15-20H,1-8,11-14,30H2,(H2,32,33,34,35)/t17-,18-. The molecule has 216 valence electrons. The van der Waals surface area contributed by atoms with Crippen molar-refractivity contribution in [1.29, 1.82) is 0 Å². The zero-order valence-electron chi connectivity index (χ0n) is 22.4. The highest BCUT2D eigenvalue weighted by molar-refractivity contribution is 7.89. The molecule has 3 fully saturated rings. The number of piperidine rings is 1. The van der Waals surface area contributed by atoms with E-state index in [0.29, 0.717) is 54.8 Å². The van der Waals surface area contributed by atoms with E-state index in [4.69, 9.17) is 43.9 Å². The van der Waals surface area contributed by atoms with Crippen molar-refractivity contribution < 1.29 is 8.42 Å². The topological polar surface area (TPSA) is 131 Å². The molecule has 13 heteroatoms. The lowest BCUT2D eigenvalue weighted by Crippen LogP contribution is -2.42. The number of sulfonamides is 1. The molecular weight excluding hydrogens is 571 g/mol. The normalized spacial score (nSPS) is 23.6. The first-order valence-corrected chi connectivity index (χ1v) is 16.5. The van der Waals surface area contributed by atoms with Crippen LogP contribution in [0.15, 0.2) is 29.4 Å². The van der Waals surface area contributed by atoms with Crippen molar-refractivity contribution in [2.75, 3.05) is 23.7 Å². The van der Waals surface area contributed by atoms with E-state index in [2.05, 4.69) is 15.2 Å². The van der Waals surface area contributed by atoms with E-state index in [1.165, 1.54) is 35.3 Å². The number of nitrogens with one attached hydrogen (secondary N) is 2. The Bertz CT molecular complexity index is 1460. The Morgan fingerprint density at radius 1 is 0.875 bits per heavy atom. The molecule has 4 N–H and O–H groups in total. The van der Waals surface area contributed by atoms with Crippen LogP contribution in [-0.2, 0) is 10.0 Å². The zero-order valence-corrected chi connectivity index (χ0v) is 24.7. The minimum atomic E-state index is -3.66. The van der Waals surface area contributed by atoms with Crippen molar-refractivity contribution in [2.45, 2.75) is 93.3 Å². The van der Waals surface area contributed by atoms with Crippen LogP contribution < -0.4 is 16.4 Å². The molecule has 3 aliphatic rings. The number of fused-ring (bicyclic) bond motifs is 1. The fraction of sp³-hybridized carbons (Fsp3) is 0.593. The zero-order chi connectivity index (χ0) is 27.9. The molecule has 3 heterocycles. The summed E-state index contributed by atoms with van der Waals surface area (Å²) in [7, 11) is -3.66. The Morgan fingerprint density at radius 2 is 1.57 bits per heavy atom. The minimum absolute atomic E-state index is 0.0514. The predicted molar refractivity (Wildman–Crippen MR) is 159 cm³/mol. The highest BCUT2D eigenvalue weighted by Crippen LogP contribution is 2.34. The number of rotatable bonds is 7. The molecule has 3 aromatic rings. The van der Waals surface area contributed by atoms with E-state index < -0.39 is 10.0 Å². The number of aromatic nitrogens is 4. The van der Waals surface area contributed by atoms with Gasteiger partial charge in [-0.15, -0.1) is 0 Å². The van der Waals surface area contributed by atoms with E-state index >= 15 is 0 Å². The maximum absolute atomic E-state index is 13.2. The van der Waals surface area contributed by atoms with Crippen LogP contribution in [0.25, 0.3) is 11.2 Å². The quantitative estimate of drug-likeness (QED) is 0.334. The monoisotopic (exact) mass is 606 g/mol. The second-order valence-corrected chi connectivity index (χ2v) is 14.1. The smallest absolute Gasteiger partial charge is 0.243 e. The van der Waals surface area contributed by atoms with Crippen molar-refractivity contribution >= 4 is 56.2 Å². The average molecular weight is 608 g/mol. The fourth-order valence-electron chi connectivity index (χ4n) is 6.20. The van der Waals surface area contributed by atoms with Gasteiger partial charge >= 0.3 is 0 Å². The highest BCUT2D eigenvalue weighted by Gasteiger charge is 2.31. The van der Waals surface area contributed by atoms with Gasteiger partial charge in [0, 0.05) is 37.3 Å². The maximum Gasteiger partial charge on any atom is 0.243 e. The summed E-state index contributed by atoms with van der Waals surface area (Å²) in [5.41, 5.74) is 7.72. The summed E-state index contributed by atoms with van der Waals surface area (Å²) in [4.78, 5) is 14.7. The molecule has 2 aromatic heterocycles. The Labute approximate surface area is 245 Å². The maximum atomic E-state index is 13.2. The summed E-state index contributed by atoms with van der Waals surface area (Å²) < 4.78 is 30.2. The number of imidazole rings is 1. The van der Waals surface area contributed by atoms with Gasteiger partial charge in [0.05, 0.1) is 21.3 Å². The Morgan fingerprint density at radius 3 is 2.27 bits per heavy atom. The van der Waals surface area contributed by atoms with Crippen LogP contribution in [0.2, 0.25) is 10.0 Å². The predicted octanol–water partition coefficient (Wildman–Crippen LogP) is 5.20. The minimum Gasteiger partial charge on any atom is -0.365 e. The Hall–Kier alpha value is -2.18. The molecule has 0 amide bonds. The van der Waals surface area contributed by atoms with Crippen molar-refractivity contribution in [3.05, 3.63) is 34.6 Å². The molecule has 0 unspecified atom stereocenters. The van der Waals surface area contributed by atoms with Crippen LogP contribution in [0.1, 0.15) is 70.3 Å². The van der Waals surface area contributed by atoms with Gasteiger partial charge in [-0.1, -0.05) is 36.0 Å². The van der Waals surface area contributed by atoms with Crippen LogP contribution in [0, 0.1) is 0 Å². The number of benzene rings is 1. The Balaban J connectivity index is 1.20. The number of nitrogens with two attached hydrogens (primary N) is 1. The Kier molecular flexibility index (Phi) is 8.11. The number of anilines is 2. The van der Waals surface area contributed by atoms with Crippen LogP contribution in [0.4, 0.5) is 11.8 Å². The first-order chi connectivity index (χ1) is 19.3. The lowest BCUT2D eigenvalue weighted by Gasteiger charge is -2.32. The van der Waals surface area contributed by atoms with E-state index in [1.54, 1.807) is 0 Å². The summed E-state index contributed by atoms with van der Waals surface area (Å²) >= 11 is 12.1. The van der Waals surface area contributed by atoms with Gasteiger partial charge in [0.2, 0.25) is 16.0 Å². The number of nitrogens with zero attached hydrogens (tertiary/aromatic N) is 5. The molecule has 0 radical (unpaired) electrons. The average Bonchev–Trinajstić information content (AvgIpc) is 3.62. The van der Waals surface area contributed by atoms with Gasteiger partial charge in [0.25, 0.3) is 0 Å². The molecule has 2 saturated carbocycles. The van der Waals surface area contributed by atoms with Crippen LogP contribution in [0.5, 0.6) is 0 Å². The van der Waals surface area contributed by atoms with Gasteiger partial charge in [-0.3, -0.25) is 0 Å². The van der Waals surface area contributed by atoms with Crippen molar-refractivity contribution in [1.82, 2.24) is 23.8 Å². The molecular formula is C27H36Cl2N8O2S. The van der Waals surface area contributed by atoms with Gasteiger partial charge in [0.1, 0.15) is 0 Å². The highest BCUT2D eigenvalue weighted by atomic mass is 35.5. The molecule has 0 spiro atoms. The lowest BCUT2D eigenvalue weighted by molar-refractivity contribution is 0.329. The second kappa shape index (κ2) is 11.6. The SMILES string of the molecule is N[C@H]1CC[C@H](Nc2nc(NC3CCN(S(=O)(=O)c4ccc(Cl)c(Cl)c4)CC3)c3ncn(C4CCCC4)c3n2)CC1. The summed E-state index contributed by atoms with van der Waals surface area (Å²) in [5, 5.41) is 7.72. The van der Waals surface area contributed by atoms with Gasteiger partial charge in [-0.25, -0.2) is 13.4 Å². The van der Waals surface area contributed by atoms with Crippen molar-refractivity contribution in [3.63, 3.8) is 0 Å². The molecule has 1 saturated heterocycles. The second-order valence-electron chi connectivity index (χ2n) is 11.3. The lowest BCUT2D eigenvalue weighted by atomic mass is 9.92. The molecule has 0 bridgehead atoms. The summed E-state index contributed by atoms with van der Waals surface area (Å²) in [6, 6.07) is 5.45. The molecule has 0 atom stereocenters. The third kappa shape index (κ3) is 5.76. The largest absolute Gasteiger partial charge is 0.365 e. The number of hydrogen-bond donors (Lipinski definition) is 3. The fourth-order valence-corrected chi connectivity index (χ4v) is 8.06. The number of halogens is 2. The summed E-state index contributed by atoms with van der Waals surface area (Å²) in [6.45, 7) is 0.775. The molecule has 10 nitrogen and oxygen atoms in total. The van der Waals surface area contributed by atoms with Crippen LogP contribution in [-0.4, -0.2) is 63.5 Å². The first-order valence-electron chi connectivity index (χ1n) is 14.3. The third-order valence-corrected chi connectivity index (χ3v) is 11.2. The van der Waals surface area contributed by atoms with Gasteiger partial charge in [-0.2, -0.15) is 14.3 Å². The van der Waals surface area contributed by atoms with E-state index in [9.17, 15) is 8.42 Å². The van der Waals surface area contributed by atoms with Crippen molar-refractivity contribution in [3.8, 4) is 0 Å². The van der Waals surface area contributed by atoms with Gasteiger partial charge in [0.15, 0.2) is 17.0 Å². The molecule has 2 aliphatic carbocycles. The van der Waals surface area contributed by atoms with E-state index in [1.807, 2.05) is 6.33 Å². The first kappa shape index (κ1) is 28.0. The van der Waals surface area contributed by atoms with Crippen LogP contribution >= 0.6 is 23.2 Å².